The van der Waals surface area contributed by atoms with E-state index in [1.165, 1.54) is 16.7 Å². The molecule has 3 rings (SSSR count). The molecular formula is C24H31N3O. The number of rotatable bonds is 8. The molecule has 2 aromatic carbocycles. The van der Waals surface area contributed by atoms with Gasteiger partial charge < -0.3 is 10.2 Å². The number of benzene rings is 2. The van der Waals surface area contributed by atoms with Crippen LogP contribution < -0.4 is 5.32 Å². The summed E-state index contributed by atoms with van der Waals surface area (Å²) in [5, 5.41) is 3.40. The molecule has 1 saturated heterocycles. The summed E-state index contributed by atoms with van der Waals surface area (Å²) in [5.41, 5.74) is 3.82. The SMILES string of the molecule is Cc1ccccc1CNCCC(=O)N1CCN(C/C=C/c2ccccc2)CC1. The van der Waals surface area contributed by atoms with Gasteiger partial charge in [-0.05, 0) is 23.6 Å². The quantitative estimate of drug-likeness (QED) is 0.717. The van der Waals surface area contributed by atoms with Gasteiger partial charge in [0.1, 0.15) is 0 Å². The number of amides is 1. The maximum atomic E-state index is 12.4. The first-order chi connectivity index (χ1) is 13.7. The first kappa shape index (κ1) is 20.3. The number of hydrogen-bond acceptors (Lipinski definition) is 3. The van der Waals surface area contributed by atoms with Crippen LogP contribution in [0.1, 0.15) is 23.1 Å². The van der Waals surface area contributed by atoms with Crippen molar-refractivity contribution in [1.82, 2.24) is 15.1 Å². The summed E-state index contributed by atoms with van der Waals surface area (Å²) in [7, 11) is 0. The second-order valence-corrected chi connectivity index (χ2v) is 7.35. The Hall–Kier alpha value is -2.43. The lowest BCUT2D eigenvalue weighted by atomic mass is 10.1. The Balaban J connectivity index is 1.31. The number of nitrogens with zero attached hydrogens (tertiary/aromatic N) is 2. The monoisotopic (exact) mass is 377 g/mol. The first-order valence-corrected chi connectivity index (χ1v) is 10.2. The van der Waals surface area contributed by atoms with Gasteiger partial charge in [0.15, 0.2) is 0 Å². The highest BCUT2D eigenvalue weighted by Gasteiger charge is 2.19. The smallest absolute Gasteiger partial charge is 0.223 e. The molecule has 0 aromatic heterocycles. The van der Waals surface area contributed by atoms with E-state index in [0.717, 1.165) is 45.8 Å². The molecule has 148 valence electrons. The van der Waals surface area contributed by atoms with Crippen LogP contribution in [-0.4, -0.2) is 55.0 Å². The van der Waals surface area contributed by atoms with E-state index in [9.17, 15) is 4.79 Å². The summed E-state index contributed by atoms with van der Waals surface area (Å²) in [5.74, 6) is 0.261. The number of nitrogens with one attached hydrogen (secondary N) is 1. The Morgan fingerprint density at radius 3 is 2.46 bits per heavy atom. The molecule has 28 heavy (non-hydrogen) atoms. The molecule has 0 aliphatic carbocycles. The lowest BCUT2D eigenvalue weighted by molar-refractivity contribution is -0.132. The molecule has 1 amide bonds. The van der Waals surface area contributed by atoms with Gasteiger partial charge in [-0.1, -0.05) is 66.7 Å². The fourth-order valence-corrected chi connectivity index (χ4v) is 3.47. The number of hydrogen-bond donors (Lipinski definition) is 1. The molecule has 1 heterocycles. The molecule has 4 heteroatoms. The van der Waals surface area contributed by atoms with Crippen molar-refractivity contribution in [1.29, 1.82) is 0 Å². The summed E-state index contributed by atoms with van der Waals surface area (Å²) in [4.78, 5) is 16.8. The Kier molecular flexibility index (Phi) is 7.82. The van der Waals surface area contributed by atoms with Crippen molar-refractivity contribution in [3.8, 4) is 0 Å². The van der Waals surface area contributed by atoms with Crippen LogP contribution in [0.5, 0.6) is 0 Å². The van der Waals surface area contributed by atoms with Gasteiger partial charge in [-0.2, -0.15) is 0 Å². The van der Waals surface area contributed by atoms with Gasteiger partial charge >= 0.3 is 0 Å². The number of piperazine rings is 1. The van der Waals surface area contributed by atoms with Crippen molar-refractivity contribution in [3.05, 3.63) is 77.4 Å². The highest BCUT2D eigenvalue weighted by molar-refractivity contribution is 5.76. The Morgan fingerprint density at radius 2 is 1.71 bits per heavy atom. The van der Waals surface area contributed by atoms with Crippen LogP contribution in [0.4, 0.5) is 0 Å². The van der Waals surface area contributed by atoms with Crippen molar-refractivity contribution in [2.24, 2.45) is 0 Å². The van der Waals surface area contributed by atoms with E-state index in [0.29, 0.717) is 6.42 Å². The van der Waals surface area contributed by atoms with E-state index >= 15 is 0 Å². The topological polar surface area (TPSA) is 35.6 Å². The summed E-state index contributed by atoms with van der Waals surface area (Å²) in [6.07, 6.45) is 4.94. The van der Waals surface area contributed by atoms with Crippen molar-refractivity contribution in [3.63, 3.8) is 0 Å². The minimum absolute atomic E-state index is 0.261. The molecule has 1 fully saturated rings. The van der Waals surface area contributed by atoms with Crippen LogP contribution in [0.25, 0.3) is 6.08 Å². The van der Waals surface area contributed by atoms with E-state index in [1.807, 2.05) is 11.0 Å². The van der Waals surface area contributed by atoms with Crippen LogP contribution in [-0.2, 0) is 11.3 Å². The Bertz CT molecular complexity index is 764. The standard InChI is InChI=1S/C24H31N3O/c1-21-8-5-6-12-23(21)20-25-14-13-24(28)27-18-16-26(17-19-27)15-7-11-22-9-3-2-4-10-22/h2-12,25H,13-20H2,1H3/b11-7+. The average molecular weight is 378 g/mol. The number of aryl methyl sites for hydroxylation is 1. The molecule has 0 spiro atoms. The fourth-order valence-electron chi connectivity index (χ4n) is 3.47. The summed E-state index contributed by atoms with van der Waals surface area (Å²) < 4.78 is 0. The molecule has 4 nitrogen and oxygen atoms in total. The predicted molar refractivity (Wildman–Crippen MR) is 116 cm³/mol. The third kappa shape index (κ3) is 6.32. The molecule has 1 N–H and O–H groups in total. The lowest BCUT2D eigenvalue weighted by Crippen LogP contribution is -2.49. The van der Waals surface area contributed by atoms with E-state index in [-0.39, 0.29) is 5.91 Å². The van der Waals surface area contributed by atoms with Gasteiger partial charge in [0.05, 0.1) is 0 Å². The van der Waals surface area contributed by atoms with Crippen molar-refractivity contribution in [2.45, 2.75) is 19.9 Å². The Morgan fingerprint density at radius 1 is 1.00 bits per heavy atom. The molecule has 2 aromatic rings. The highest BCUT2D eigenvalue weighted by atomic mass is 16.2. The third-order valence-electron chi connectivity index (χ3n) is 5.29. The molecule has 0 atom stereocenters. The van der Waals surface area contributed by atoms with E-state index in [1.54, 1.807) is 0 Å². The van der Waals surface area contributed by atoms with Gasteiger partial charge in [0.2, 0.25) is 5.91 Å². The third-order valence-corrected chi connectivity index (χ3v) is 5.29. The van der Waals surface area contributed by atoms with Gasteiger partial charge in [-0.15, -0.1) is 0 Å². The van der Waals surface area contributed by atoms with Gasteiger partial charge in [0, 0.05) is 52.2 Å². The van der Waals surface area contributed by atoms with Gasteiger partial charge in [-0.25, -0.2) is 0 Å². The van der Waals surface area contributed by atoms with Crippen molar-refractivity contribution >= 4 is 12.0 Å². The maximum absolute atomic E-state index is 12.4. The largest absolute Gasteiger partial charge is 0.340 e. The second-order valence-electron chi connectivity index (χ2n) is 7.35. The highest BCUT2D eigenvalue weighted by Crippen LogP contribution is 2.07. The molecule has 1 aliphatic rings. The van der Waals surface area contributed by atoms with Crippen LogP contribution in [0.3, 0.4) is 0 Å². The normalized spacial score (nSPS) is 15.2. The number of carbonyl (C=O) groups is 1. The van der Waals surface area contributed by atoms with Crippen molar-refractivity contribution in [2.75, 3.05) is 39.3 Å². The number of carbonyl (C=O) groups excluding carboxylic acids is 1. The van der Waals surface area contributed by atoms with Crippen molar-refractivity contribution < 1.29 is 4.79 Å². The average Bonchev–Trinajstić information content (AvgIpc) is 2.73. The molecule has 0 saturated carbocycles. The fraction of sp³-hybridized carbons (Fsp3) is 0.375. The minimum Gasteiger partial charge on any atom is -0.340 e. The summed E-state index contributed by atoms with van der Waals surface area (Å²) in [6.45, 7) is 8.16. The molecule has 0 radical (unpaired) electrons. The second kappa shape index (κ2) is 10.8. The zero-order valence-corrected chi connectivity index (χ0v) is 16.8. The zero-order valence-electron chi connectivity index (χ0n) is 16.8. The van der Waals surface area contributed by atoms with E-state index in [4.69, 9.17) is 0 Å². The van der Waals surface area contributed by atoms with Crippen LogP contribution in [0, 0.1) is 6.92 Å². The van der Waals surface area contributed by atoms with E-state index < -0.39 is 0 Å². The molecule has 0 unspecified atom stereocenters. The minimum atomic E-state index is 0.261. The summed E-state index contributed by atoms with van der Waals surface area (Å²) in [6, 6.07) is 18.7. The van der Waals surface area contributed by atoms with Crippen LogP contribution in [0.2, 0.25) is 0 Å². The van der Waals surface area contributed by atoms with Crippen LogP contribution in [0.15, 0.2) is 60.7 Å². The molecular weight excluding hydrogens is 346 g/mol. The predicted octanol–water partition coefficient (Wildman–Crippen LogP) is 3.33. The molecule has 1 aliphatic heterocycles. The molecule has 0 bridgehead atoms. The zero-order chi connectivity index (χ0) is 19.6. The van der Waals surface area contributed by atoms with Gasteiger partial charge in [-0.3, -0.25) is 9.69 Å². The van der Waals surface area contributed by atoms with Gasteiger partial charge in [0.25, 0.3) is 0 Å². The van der Waals surface area contributed by atoms with E-state index in [2.05, 4.69) is 77.8 Å². The van der Waals surface area contributed by atoms with Crippen LogP contribution >= 0.6 is 0 Å². The lowest BCUT2D eigenvalue weighted by Gasteiger charge is -2.34. The maximum Gasteiger partial charge on any atom is 0.223 e. The Labute approximate surface area is 168 Å². The summed E-state index contributed by atoms with van der Waals surface area (Å²) >= 11 is 0. The first-order valence-electron chi connectivity index (χ1n) is 10.2.